The predicted octanol–water partition coefficient (Wildman–Crippen LogP) is 5.14. The van der Waals surface area contributed by atoms with E-state index in [9.17, 15) is 18.0 Å². The second kappa shape index (κ2) is 13.3. The van der Waals surface area contributed by atoms with Gasteiger partial charge in [-0.05, 0) is 61.7 Å². The largest absolute Gasteiger partial charge is 0.355 e. The zero-order chi connectivity index (χ0) is 26.2. The van der Waals surface area contributed by atoms with E-state index in [2.05, 4.69) is 5.32 Å². The highest BCUT2D eigenvalue weighted by Crippen LogP contribution is 2.25. The van der Waals surface area contributed by atoms with E-state index in [1.165, 1.54) is 9.21 Å². The Balaban J connectivity index is 2.23. The minimum absolute atomic E-state index is 0.0424. The normalized spacial score (nSPS) is 12.2. The third-order valence-electron chi connectivity index (χ3n) is 5.36. The first-order valence-electron chi connectivity index (χ1n) is 11.2. The number of likely N-dealkylation sites (N-methyl/N-ethyl adjacent to an activating group) is 1. The van der Waals surface area contributed by atoms with Crippen LogP contribution in [0.25, 0.3) is 0 Å². The van der Waals surface area contributed by atoms with Crippen LogP contribution in [0.2, 0.25) is 15.1 Å². The van der Waals surface area contributed by atoms with Crippen molar-refractivity contribution in [1.29, 1.82) is 0 Å². The van der Waals surface area contributed by atoms with Crippen LogP contribution in [0.5, 0.6) is 0 Å². The predicted molar refractivity (Wildman–Crippen MR) is 143 cm³/mol. The topological polar surface area (TPSA) is 86.8 Å². The molecule has 192 valence electrons. The van der Waals surface area contributed by atoms with Crippen LogP contribution in [0.1, 0.15) is 38.7 Å². The minimum atomic E-state index is -3.58. The van der Waals surface area contributed by atoms with Crippen molar-refractivity contribution in [2.24, 2.45) is 0 Å². The Morgan fingerprint density at radius 3 is 2.17 bits per heavy atom. The third-order valence-corrected chi connectivity index (χ3v) is 7.39. The summed E-state index contributed by atoms with van der Waals surface area (Å²) in [7, 11) is -3.58. The van der Waals surface area contributed by atoms with Crippen molar-refractivity contribution < 1.29 is 18.0 Å². The van der Waals surface area contributed by atoms with Crippen molar-refractivity contribution in [2.45, 2.75) is 45.7 Å². The van der Waals surface area contributed by atoms with Gasteiger partial charge in [-0.2, -0.15) is 0 Å². The van der Waals surface area contributed by atoms with Gasteiger partial charge in [0, 0.05) is 41.1 Å². The molecule has 0 radical (unpaired) electrons. The maximum absolute atomic E-state index is 13.3. The zero-order valence-electron chi connectivity index (χ0n) is 19.9. The molecule has 0 aromatic heterocycles. The number of benzene rings is 2. The number of hydrogen-bond acceptors (Lipinski definition) is 4. The fourth-order valence-corrected chi connectivity index (χ4v) is 5.22. The van der Waals surface area contributed by atoms with Crippen molar-refractivity contribution >= 4 is 62.3 Å². The van der Waals surface area contributed by atoms with Gasteiger partial charge in [0.25, 0.3) is 0 Å². The van der Waals surface area contributed by atoms with Crippen molar-refractivity contribution in [1.82, 2.24) is 10.2 Å². The molecule has 0 aliphatic heterocycles. The number of nitrogens with zero attached hydrogens (tertiary/aromatic N) is 2. The van der Waals surface area contributed by atoms with Gasteiger partial charge >= 0.3 is 0 Å². The number of carbonyl (C=O) groups excluding carboxylic acids is 2. The molecule has 0 bridgehead atoms. The van der Waals surface area contributed by atoms with Gasteiger partial charge in [-0.1, -0.05) is 47.8 Å². The summed E-state index contributed by atoms with van der Waals surface area (Å²) >= 11 is 18.3. The highest BCUT2D eigenvalue weighted by Gasteiger charge is 2.29. The lowest BCUT2D eigenvalue weighted by atomic mass is 10.1. The standard InChI is InChI=1S/C24H30Cl3N3O4S/c1-4-22(24(32)28-5-2)29(16-17-8-9-19(26)15-21(17)27)23(31)7-6-14-30(35(3,33)34)20-12-10-18(25)11-13-20/h8-13,15,22H,4-7,14,16H2,1-3H3,(H,28,32)/t22-/m1/s1. The van der Waals surface area contributed by atoms with Crippen LogP contribution in [0.3, 0.4) is 0 Å². The number of anilines is 1. The molecule has 0 aliphatic rings. The average Bonchev–Trinajstić information content (AvgIpc) is 2.78. The number of hydrogen-bond donors (Lipinski definition) is 1. The molecule has 2 amide bonds. The second-order valence-electron chi connectivity index (χ2n) is 7.99. The van der Waals surface area contributed by atoms with Crippen molar-refractivity contribution in [3.63, 3.8) is 0 Å². The third kappa shape index (κ3) is 8.56. The van der Waals surface area contributed by atoms with Crippen LogP contribution >= 0.6 is 34.8 Å². The van der Waals surface area contributed by atoms with Gasteiger partial charge in [0.1, 0.15) is 6.04 Å². The molecular formula is C24H30Cl3N3O4S. The van der Waals surface area contributed by atoms with Gasteiger partial charge in [0.05, 0.1) is 11.9 Å². The van der Waals surface area contributed by atoms with Crippen LogP contribution in [-0.4, -0.2) is 50.5 Å². The highest BCUT2D eigenvalue weighted by atomic mass is 35.5. The Kier molecular flexibility index (Phi) is 11.1. The quantitative estimate of drug-likeness (QED) is 0.388. The zero-order valence-corrected chi connectivity index (χ0v) is 23.0. The number of halogens is 3. The summed E-state index contributed by atoms with van der Waals surface area (Å²) in [6.45, 7) is 4.29. The first kappa shape index (κ1) is 29.2. The minimum Gasteiger partial charge on any atom is -0.355 e. The SMILES string of the molecule is CCNC(=O)[C@@H](CC)N(Cc1ccc(Cl)cc1Cl)C(=O)CCCN(c1ccc(Cl)cc1)S(C)(=O)=O. The van der Waals surface area contributed by atoms with E-state index >= 15 is 0 Å². The fraction of sp³-hybridized carbons (Fsp3) is 0.417. The monoisotopic (exact) mass is 561 g/mol. The van der Waals surface area contributed by atoms with Gasteiger partial charge < -0.3 is 10.2 Å². The van der Waals surface area contributed by atoms with Gasteiger partial charge in [0.2, 0.25) is 21.8 Å². The molecule has 2 rings (SSSR count). The first-order chi connectivity index (χ1) is 16.5. The second-order valence-corrected chi connectivity index (χ2v) is 11.2. The lowest BCUT2D eigenvalue weighted by molar-refractivity contribution is -0.141. The van der Waals surface area contributed by atoms with Crippen LogP contribution < -0.4 is 9.62 Å². The lowest BCUT2D eigenvalue weighted by Crippen LogP contribution is -2.49. The smallest absolute Gasteiger partial charge is 0.242 e. The molecule has 0 spiro atoms. The van der Waals surface area contributed by atoms with Crippen molar-refractivity contribution in [3.05, 3.63) is 63.1 Å². The van der Waals surface area contributed by atoms with Crippen LogP contribution in [-0.2, 0) is 26.2 Å². The molecule has 2 aromatic carbocycles. The molecule has 2 aromatic rings. The Morgan fingerprint density at radius 1 is 1.00 bits per heavy atom. The average molecular weight is 563 g/mol. The van der Waals surface area contributed by atoms with Crippen LogP contribution in [0, 0.1) is 0 Å². The van der Waals surface area contributed by atoms with Gasteiger partial charge in [0.15, 0.2) is 0 Å². The lowest BCUT2D eigenvalue weighted by Gasteiger charge is -2.31. The van der Waals surface area contributed by atoms with E-state index in [-0.39, 0.29) is 37.7 Å². The summed E-state index contributed by atoms with van der Waals surface area (Å²) < 4.78 is 26.0. The molecule has 1 N–H and O–H groups in total. The Morgan fingerprint density at radius 2 is 1.63 bits per heavy atom. The van der Waals surface area contributed by atoms with Crippen LogP contribution in [0.4, 0.5) is 5.69 Å². The van der Waals surface area contributed by atoms with E-state index in [4.69, 9.17) is 34.8 Å². The number of nitrogens with one attached hydrogen (secondary N) is 1. The molecule has 0 heterocycles. The van der Waals surface area contributed by atoms with Crippen LogP contribution in [0.15, 0.2) is 42.5 Å². The maximum Gasteiger partial charge on any atom is 0.242 e. The molecule has 35 heavy (non-hydrogen) atoms. The number of sulfonamides is 1. The van der Waals surface area contributed by atoms with E-state index in [1.807, 2.05) is 13.8 Å². The van der Waals surface area contributed by atoms with Gasteiger partial charge in [-0.3, -0.25) is 13.9 Å². The molecule has 0 saturated carbocycles. The van der Waals surface area contributed by atoms with E-state index < -0.39 is 16.1 Å². The molecule has 1 atom stereocenters. The van der Waals surface area contributed by atoms with Gasteiger partial charge in [-0.15, -0.1) is 0 Å². The Bertz CT molecular complexity index is 1130. The fourth-order valence-electron chi connectivity index (χ4n) is 3.66. The number of rotatable bonds is 12. The summed E-state index contributed by atoms with van der Waals surface area (Å²) in [6.07, 6.45) is 1.81. The summed E-state index contributed by atoms with van der Waals surface area (Å²) in [5, 5.41) is 4.13. The number of carbonyl (C=O) groups is 2. The molecule has 0 unspecified atom stereocenters. The first-order valence-corrected chi connectivity index (χ1v) is 14.2. The van der Waals surface area contributed by atoms with Gasteiger partial charge in [-0.25, -0.2) is 8.42 Å². The molecule has 0 saturated heterocycles. The highest BCUT2D eigenvalue weighted by molar-refractivity contribution is 7.92. The molecule has 0 fully saturated rings. The van der Waals surface area contributed by atoms with E-state index in [0.717, 1.165) is 6.26 Å². The maximum atomic E-state index is 13.3. The summed E-state index contributed by atoms with van der Waals surface area (Å²) in [6, 6.07) is 10.7. The molecule has 0 aliphatic carbocycles. The summed E-state index contributed by atoms with van der Waals surface area (Å²) in [5.74, 6) is -0.536. The number of amides is 2. The van der Waals surface area contributed by atoms with Crippen molar-refractivity contribution in [2.75, 3.05) is 23.7 Å². The van der Waals surface area contributed by atoms with E-state index in [1.54, 1.807) is 42.5 Å². The van der Waals surface area contributed by atoms with E-state index in [0.29, 0.717) is 39.3 Å². The molecule has 11 heteroatoms. The Hall–Kier alpha value is -2.00. The van der Waals surface area contributed by atoms with Crippen molar-refractivity contribution in [3.8, 4) is 0 Å². The summed E-state index contributed by atoms with van der Waals surface area (Å²) in [5.41, 5.74) is 1.12. The summed E-state index contributed by atoms with van der Waals surface area (Å²) in [4.78, 5) is 27.5. The molecular weight excluding hydrogens is 533 g/mol. The molecule has 7 nitrogen and oxygen atoms in total. The Labute approximate surface area is 222 Å².